The number of likely N-dealkylation sites (tertiary alicyclic amines) is 1. The number of rotatable bonds is 7. The van der Waals surface area contributed by atoms with Crippen molar-refractivity contribution in [1.82, 2.24) is 15.1 Å². The standard InChI is InChI=1S/C25H37N3O5/c1-4-5-10-28-23(30)21(22(29)17(2)3)26-24(31)25(28)8-11-27(12-9-25)16-18-6-7-19-20(15-18)33-14-13-32-19/h6-7,15,17,21-22,29H,4-5,8-14,16H2,1-3H3,(H,26,31)/t21-,22-/m0/s1. The molecule has 0 aromatic heterocycles. The molecule has 2 fully saturated rings. The number of aliphatic hydroxyl groups is 1. The van der Waals surface area contributed by atoms with Crippen LogP contribution in [0.5, 0.6) is 11.5 Å². The molecule has 33 heavy (non-hydrogen) atoms. The highest BCUT2D eigenvalue weighted by Gasteiger charge is 2.54. The van der Waals surface area contributed by atoms with Gasteiger partial charge in [-0.3, -0.25) is 14.5 Å². The number of nitrogens with zero attached hydrogens (tertiary/aromatic N) is 2. The van der Waals surface area contributed by atoms with Gasteiger partial charge in [-0.1, -0.05) is 33.3 Å². The number of fused-ring (bicyclic) bond motifs is 1. The van der Waals surface area contributed by atoms with E-state index in [0.29, 0.717) is 32.6 Å². The van der Waals surface area contributed by atoms with E-state index in [9.17, 15) is 14.7 Å². The van der Waals surface area contributed by atoms with Crippen LogP contribution in [0.25, 0.3) is 0 Å². The molecule has 2 amide bonds. The van der Waals surface area contributed by atoms with Crippen molar-refractivity contribution in [2.45, 2.75) is 70.7 Å². The van der Waals surface area contributed by atoms with Crippen molar-refractivity contribution in [3.63, 3.8) is 0 Å². The minimum Gasteiger partial charge on any atom is -0.486 e. The topological polar surface area (TPSA) is 91.3 Å². The minimum atomic E-state index is -0.891. The van der Waals surface area contributed by atoms with Crippen molar-refractivity contribution in [2.75, 3.05) is 32.8 Å². The second kappa shape index (κ2) is 9.89. The molecule has 0 unspecified atom stereocenters. The lowest BCUT2D eigenvalue weighted by Gasteiger charge is -2.52. The van der Waals surface area contributed by atoms with Crippen LogP contribution in [0.2, 0.25) is 0 Å². The number of hydrogen-bond acceptors (Lipinski definition) is 6. The van der Waals surface area contributed by atoms with Gasteiger partial charge in [-0.05, 0) is 42.9 Å². The number of unbranched alkanes of at least 4 members (excludes halogenated alkanes) is 1. The zero-order valence-corrected chi connectivity index (χ0v) is 20.0. The Labute approximate surface area is 196 Å². The average molecular weight is 460 g/mol. The van der Waals surface area contributed by atoms with Gasteiger partial charge in [0.2, 0.25) is 11.8 Å². The number of hydrogen-bond donors (Lipinski definition) is 2. The Balaban J connectivity index is 1.46. The van der Waals surface area contributed by atoms with Crippen molar-refractivity contribution >= 4 is 11.8 Å². The predicted octanol–water partition coefficient (Wildman–Crippen LogP) is 1.94. The Kier molecular flexibility index (Phi) is 7.14. The summed E-state index contributed by atoms with van der Waals surface area (Å²) in [6.07, 6.45) is 2.06. The van der Waals surface area contributed by atoms with Crippen LogP contribution in [-0.4, -0.2) is 77.3 Å². The normalized spacial score (nSPS) is 23.7. The maximum Gasteiger partial charge on any atom is 0.248 e. The molecule has 4 rings (SSSR count). The van der Waals surface area contributed by atoms with Crippen molar-refractivity contribution in [1.29, 1.82) is 0 Å². The monoisotopic (exact) mass is 459 g/mol. The number of piperazine rings is 1. The molecule has 1 aromatic carbocycles. The second-order valence-corrected chi connectivity index (χ2v) is 9.81. The molecule has 0 bridgehead atoms. The van der Waals surface area contributed by atoms with Gasteiger partial charge in [-0.25, -0.2) is 0 Å². The molecule has 3 aliphatic heterocycles. The molecule has 8 heteroatoms. The molecular formula is C25H37N3O5. The van der Waals surface area contributed by atoms with E-state index < -0.39 is 17.7 Å². The molecular weight excluding hydrogens is 422 g/mol. The average Bonchev–Trinajstić information content (AvgIpc) is 2.82. The first-order chi connectivity index (χ1) is 15.9. The number of nitrogens with one attached hydrogen (secondary N) is 1. The highest BCUT2D eigenvalue weighted by Crippen LogP contribution is 2.36. The Bertz CT molecular complexity index is 866. The Morgan fingerprint density at radius 3 is 2.52 bits per heavy atom. The highest BCUT2D eigenvalue weighted by molar-refractivity contribution is 6.00. The molecule has 2 saturated heterocycles. The molecule has 2 N–H and O–H groups in total. The van der Waals surface area contributed by atoms with Crippen LogP contribution in [0.4, 0.5) is 0 Å². The van der Waals surface area contributed by atoms with Gasteiger partial charge in [0.05, 0.1) is 6.10 Å². The summed E-state index contributed by atoms with van der Waals surface area (Å²) in [5.74, 6) is 1.18. The molecule has 0 radical (unpaired) electrons. The number of carbonyl (C=O) groups is 2. The van der Waals surface area contributed by atoms with Crippen LogP contribution >= 0.6 is 0 Å². The molecule has 8 nitrogen and oxygen atoms in total. The smallest absolute Gasteiger partial charge is 0.248 e. The quantitative estimate of drug-likeness (QED) is 0.648. The fourth-order valence-corrected chi connectivity index (χ4v) is 5.12. The Hall–Kier alpha value is -2.32. The van der Waals surface area contributed by atoms with Gasteiger partial charge in [0.1, 0.15) is 24.8 Å². The van der Waals surface area contributed by atoms with E-state index in [1.807, 2.05) is 26.0 Å². The first kappa shape index (κ1) is 23.8. The molecule has 0 aliphatic carbocycles. The minimum absolute atomic E-state index is 0.117. The Morgan fingerprint density at radius 1 is 1.15 bits per heavy atom. The van der Waals surface area contributed by atoms with Gasteiger partial charge in [-0.15, -0.1) is 0 Å². The molecule has 0 saturated carbocycles. The lowest BCUT2D eigenvalue weighted by Crippen LogP contribution is -2.74. The Morgan fingerprint density at radius 2 is 1.85 bits per heavy atom. The van der Waals surface area contributed by atoms with Crippen LogP contribution in [0.3, 0.4) is 0 Å². The van der Waals surface area contributed by atoms with Gasteiger partial charge >= 0.3 is 0 Å². The molecule has 3 aliphatic rings. The van der Waals surface area contributed by atoms with Crippen LogP contribution in [-0.2, 0) is 16.1 Å². The fourth-order valence-electron chi connectivity index (χ4n) is 5.12. The number of carbonyl (C=O) groups excluding carboxylic acids is 2. The zero-order chi connectivity index (χ0) is 23.6. The third-order valence-electron chi connectivity index (χ3n) is 7.21. The van der Waals surface area contributed by atoms with E-state index in [-0.39, 0.29) is 17.7 Å². The SMILES string of the molecule is CCCCN1C(=O)[C@H]([C@@H](O)C(C)C)NC(=O)C12CCN(Cc1ccc3c(c1)OCCO3)CC2. The lowest BCUT2D eigenvalue weighted by molar-refractivity contribution is -0.165. The zero-order valence-electron chi connectivity index (χ0n) is 20.0. The molecule has 1 aromatic rings. The lowest BCUT2D eigenvalue weighted by atomic mass is 9.80. The highest BCUT2D eigenvalue weighted by atomic mass is 16.6. The summed E-state index contributed by atoms with van der Waals surface area (Å²) in [5.41, 5.74) is 0.310. The van der Waals surface area contributed by atoms with Crippen LogP contribution in [0, 0.1) is 5.92 Å². The summed E-state index contributed by atoms with van der Waals surface area (Å²) >= 11 is 0. The van der Waals surface area contributed by atoms with Crippen LogP contribution < -0.4 is 14.8 Å². The van der Waals surface area contributed by atoms with E-state index in [1.165, 1.54) is 0 Å². The molecule has 2 atom stereocenters. The third kappa shape index (κ3) is 4.68. The van der Waals surface area contributed by atoms with Crippen LogP contribution in [0.1, 0.15) is 52.0 Å². The van der Waals surface area contributed by atoms with Gasteiger partial charge in [0.15, 0.2) is 11.5 Å². The van der Waals surface area contributed by atoms with E-state index in [0.717, 1.165) is 49.5 Å². The summed E-state index contributed by atoms with van der Waals surface area (Å²) in [7, 11) is 0. The van der Waals surface area contributed by atoms with Crippen LogP contribution in [0.15, 0.2) is 18.2 Å². The van der Waals surface area contributed by atoms with Crippen molar-refractivity contribution < 1.29 is 24.2 Å². The van der Waals surface area contributed by atoms with Gasteiger partial charge in [0, 0.05) is 26.2 Å². The van der Waals surface area contributed by atoms with E-state index >= 15 is 0 Å². The first-order valence-electron chi connectivity index (χ1n) is 12.3. The summed E-state index contributed by atoms with van der Waals surface area (Å²) < 4.78 is 11.3. The first-order valence-corrected chi connectivity index (χ1v) is 12.3. The fraction of sp³-hybridized carbons (Fsp3) is 0.680. The van der Waals surface area contributed by atoms with E-state index in [2.05, 4.69) is 23.2 Å². The number of piperidine rings is 1. The maximum atomic E-state index is 13.4. The predicted molar refractivity (Wildman–Crippen MR) is 124 cm³/mol. The van der Waals surface area contributed by atoms with E-state index in [1.54, 1.807) is 4.90 Å². The van der Waals surface area contributed by atoms with Crippen molar-refractivity contribution in [3.8, 4) is 11.5 Å². The second-order valence-electron chi connectivity index (χ2n) is 9.81. The summed E-state index contributed by atoms with van der Waals surface area (Å²) in [6, 6.07) is 5.17. The van der Waals surface area contributed by atoms with Gasteiger partial charge in [-0.2, -0.15) is 0 Å². The van der Waals surface area contributed by atoms with Gasteiger partial charge in [0.25, 0.3) is 0 Å². The molecule has 182 valence electrons. The molecule has 3 heterocycles. The number of benzene rings is 1. The third-order valence-corrected chi connectivity index (χ3v) is 7.21. The molecule has 1 spiro atoms. The number of aliphatic hydroxyl groups excluding tert-OH is 1. The summed E-state index contributed by atoms with van der Waals surface area (Å²) in [6.45, 7) is 9.68. The van der Waals surface area contributed by atoms with Gasteiger partial charge < -0.3 is 24.8 Å². The summed E-state index contributed by atoms with van der Waals surface area (Å²) in [5, 5.41) is 13.5. The number of amides is 2. The largest absolute Gasteiger partial charge is 0.486 e. The maximum absolute atomic E-state index is 13.4. The summed E-state index contributed by atoms with van der Waals surface area (Å²) in [4.78, 5) is 30.9. The van der Waals surface area contributed by atoms with Crippen molar-refractivity contribution in [2.24, 2.45) is 5.92 Å². The van der Waals surface area contributed by atoms with E-state index in [4.69, 9.17) is 9.47 Å². The number of ether oxygens (including phenoxy) is 2. The van der Waals surface area contributed by atoms with Crippen molar-refractivity contribution in [3.05, 3.63) is 23.8 Å².